The summed E-state index contributed by atoms with van der Waals surface area (Å²) in [5.74, 6) is 4.19. The molecule has 3 heteroatoms. The lowest BCUT2D eigenvalue weighted by molar-refractivity contribution is 0.295. The number of hydrogen-bond acceptors (Lipinski definition) is 3. The first-order valence-corrected chi connectivity index (χ1v) is 14.5. The van der Waals surface area contributed by atoms with E-state index in [0.717, 1.165) is 61.9 Å². The van der Waals surface area contributed by atoms with Crippen LogP contribution in [0.2, 0.25) is 0 Å². The minimum absolute atomic E-state index is 0.755. The quantitative estimate of drug-likeness (QED) is 0.225. The first-order valence-electron chi connectivity index (χ1n) is 14.5. The van der Waals surface area contributed by atoms with E-state index in [4.69, 9.17) is 14.2 Å². The van der Waals surface area contributed by atoms with Crippen molar-refractivity contribution in [3.8, 4) is 23.0 Å². The van der Waals surface area contributed by atoms with Crippen LogP contribution in [0.3, 0.4) is 0 Å². The molecule has 0 saturated carbocycles. The van der Waals surface area contributed by atoms with Crippen LogP contribution in [0.15, 0.2) is 24.3 Å². The van der Waals surface area contributed by atoms with E-state index in [1.165, 1.54) is 99.3 Å². The zero-order chi connectivity index (χ0) is 24.3. The summed E-state index contributed by atoms with van der Waals surface area (Å²) in [5.41, 5.74) is 5.49. The van der Waals surface area contributed by atoms with Crippen LogP contribution in [0.5, 0.6) is 23.0 Å². The highest BCUT2D eigenvalue weighted by molar-refractivity contribution is 5.55. The third kappa shape index (κ3) is 6.96. The Bertz CT molecular complexity index is 857. The Morgan fingerprint density at radius 1 is 0.571 bits per heavy atom. The van der Waals surface area contributed by atoms with Gasteiger partial charge in [-0.25, -0.2) is 0 Å². The Morgan fingerprint density at radius 2 is 1.00 bits per heavy atom. The molecule has 2 aromatic rings. The Hall–Kier alpha value is -2.16. The van der Waals surface area contributed by atoms with Gasteiger partial charge in [-0.3, -0.25) is 0 Å². The SMILES string of the molecule is CCCCCCCCc1c2ccc(Oc3ccc4c(CCCCCCCC)c3CCO4)c1CCO2. The van der Waals surface area contributed by atoms with Gasteiger partial charge in [-0.05, 0) is 49.9 Å². The van der Waals surface area contributed by atoms with Crippen LogP contribution in [0.4, 0.5) is 0 Å². The van der Waals surface area contributed by atoms with Gasteiger partial charge in [0.25, 0.3) is 0 Å². The smallest absolute Gasteiger partial charge is 0.131 e. The maximum Gasteiger partial charge on any atom is 0.131 e. The van der Waals surface area contributed by atoms with E-state index in [1.54, 1.807) is 0 Å². The van der Waals surface area contributed by atoms with Crippen LogP contribution >= 0.6 is 0 Å². The standard InChI is InChI=1S/C32H46O3/c1-3-5-7-9-11-13-15-25-27-21-23-33-29(25)17-19-31(27)35-32-20-18-30-26(28(32)22-24-34-30)16-14-12-10-8-6-4-2/h17-20H,3-16,21-24H2,1-2H3. The van der Waals surface area contributed by atoms with Gasteiger partial charge in [0.15, 0.2) is 0 Å². The Morgan fingerprint density at radius 3 is 1.46 bits per heavy atom. The fraction of sp³-hybridized carbons (Fsp3) is 0.625. The van der Waals surface area contributed by atoms with Gasteiger partial charge in [-0.2, -0.15) is 0 Å². The van der Waals surface area contributed by atoms with E-state index in [0.29, 0.717) is 0 Å². The van der Waals surface area contributed by atoms with Gasteiger partial charge < -0.3 is 14.2 Å². The van der Waals surface area contributed by atoms with Crippen molar-refractivity contribution in [2.75, 3.05) is 13.2 Å². The second-order valence-electron chi connectivity index (χ2n) is 10.4. The highest BCUT2D eigenvalue weighted by atomic mass is 16.5. The van der Waals surface area contributed by atoms with Gasteiger partial charge in [0.1, 0.15) is 23.0 Å². The molecule has 0 aliphatic carbocycles. The average molecular weight is 479 g/mol. The summed E-state index contributed by atoms with van der Waals surface area (Å²) in [6.07, 6.45) is 19.9. The molecule has 0 unspecified atom stereocenters. The Balaban J connectivity index is 1.44. The minimum Gasteiger partial charge on any atom is -0.493 e. The van der Waals surface area contributed by atoms with Gasteiger partial charge in [-0.15, -0.1) is 0 Å². The van der Waals surface area contributed by atoms with Crippen LogP contribution in [0.25, 0.3) is 0 Å². The minimum atomic E-state index is 0.755. The first-order chi connectivity index (χ1) is 17.3. The molecule has 0 N–H and O–H groups in total. The Kier molecular flexibility index (Phi) is 10.2. The number of fused-ring (bicyclic) bond motifs is 4. The molecule has 4 bridgehead atoms. The van der Waals surface area contributed by atoms with E-state index in [2.05, 4.69) is 38.1 Å². The molecule has 0 aromatic heterocycles. The summed E-state index contributed by atoms with van der Waals surface area (Å²) in [6.45, 7) is 6.06. The maximum absolute atomic E-state index is 6.69. The zero-order valence-electron chi connectivity index (χ0n) is 22.3. The van der Waals surface area contributed by atoms with E-state index in [9.17, 15) is 0 Å². The molecule has 0 saturated heterocycles. The van der Waals surface area contributed by atoms with Crippen molar-refractivity contribution in [1.29, 1.82) is 0 Å². The van der Waals surface area contributed by atoms with Crippen molar-refractivity contribution in [2.24, 2.45) is 0 Å². The average Bonchev–Trinajstić information content (AvgIpc) is 2.86. The van der Waals surface area contributed by atoms with Gasteiger partial charge in [-0.1, -0.05) is 78.1 Å². The van der Waals surface area contributed by atoms with E-state index in [-0.39, 0.29) is 0 Å². The second kappa shape index (κ2) is 13.8. The largest absolute Gasteiger partial charge is 0.493 e. The van der Waals surface area contributed by atoms with Crippen LogP contribution in [-0.2, 0) is 25.7 Å². The predicted molar refractivity (Wildman–Crippen MR) is 146 cm³/mol. The summed E-state index contributed by atoms with van der Waals surface area (Å²) < 4.78 is 18.7. The van der Waals surface area contributed by atoms with Crippen molar-refractivity contribution in [3.05, 3.63) is 46.5 Å². The maximum atomic E-state index is 6.69. The molecule has 0 spiro atoms. The molecule has 0 amide bonds. The molecule has 35 heavy (non-hydrogen) atoms. The fourth-order valence-corrected chi connectivity index (χ4v) is 5.67. The molecule has 2 aromatic carbocycles. The Labute approximate surface area is 213 Å². The molecule has 3 nitrogen and oxygen atoms in total. The first kappa shape index (κ1) is 25.9. The monoisotopic (exact) mass is 478 g/mol. The van der Waals surface area contributed by atoms with Crippen molar-refractivity contribution < 1.29 is 14.2 Å². The molecule has 0 atom stereocenters. The zero-order valence-corrected chi connectivity index (χ0v) is 22.3. The normalized spacial score (nSPS) is 13.9. The lowest BCUT2D eigenvalue weighted by Crippen LogP contribution is -2.16. The molecule has 2 heterocycles. The summed E-state index contributed by atoms with van der Waals surface area (Å²) in [7, 11) is 0. The molecule has 2 aliphatic heterocycles. The summed E-state index contributed by atoms with van der Waals surface area (Å²) in [5, 5.41) is 0. The van der Waals surface area contributed by atoms with Crippen molar-refractivity contribution in [2.45, 2.75) is 117 Å². The van der Waals surface area contributed by atoms with Gasteiger partial charge in [0.2, 0.25) is 0 Å². The number of hydrogen-bond donors (Lipinski definition) is 0. The number of ether oxygens (including phenoxy) is 3. The highest BCUT2D eigenvalue weighted by Gasteiger charge is 2.23. The molecule has 2 aliphatic rings. The summed E-state index contributed by atoms with van der Waals surface area (Å²) >= 11 is 0. The fourth-order valence-electron chi connectivity index (χ4n) is 5.67. The second-order valence-corrected chi connectivity index (χ2v) is 10.4. The lowest BCUT2D eigenvalue weighted by Gasteiger charge is -2.26. The van der Waals surface area contributed by atoms with Crippen LogP contribution in [0.1, 0.15) is 113 Å². The van der Waals surface area contributed by atoms with Gasteiger partial charge in [0.05, 0.1) is 13.2 Å². The lowest BCUT2D eigenvalue weighted by atomic mass is 9.94. The molecule has 4 rings (SSSR count). The number of benzene rings is 2. The third-order valence-electron chi connectivity index (χ3n) is 7.69. The van der Waals surface area contributed by atoms with E-state index >= 15 is 0 Å². The van der Waals surface area contributed by atoms with Crippen LogP contribution in [-0.4, -0.2) is 13.2 Å². The number of rotatable bonds is 16. The topological polar surface area (TPSA) is 27.7 Å². The van der Waals surface area contributed by atoms with Crippen molar-refractivity contribution >= 4 is 0 Å². The number of unbranched alkanes of at least 4 members (excludes halogenated alkanes) is 10. The van der Waals surface area contributed by atoms with E-state index in [1.807, 2.05) is 0 Å². The molecular weight excluding hydrogens is 432 g/mol. The molecule has 0 radical (unpaired) electrons. The highest BCUT2D eigenvalue weighted by Crippen LogP contribution is 2.41. The van der Waals surface area contributed by atoms with Gasteiger partial charge >= 0.3 is 0 Å². The van der Waals surface area contributed by atoms with E-state index < -0.39 is 0 Å². The predicted octanol–water partition coefficient (Wildman–Crippen LogP) is 9.15. The summed E-state index contributed by atoms with van der Waals surface area (Å²) in [4.78, 5) is 0. The molecule has 192 valence electrons. The van der Waals surface area contributed by atoms with Crippen LogP contribution < -0.4 is 14.2 Å². The molecular formula is C32H46O3. The van der Waals surface area contributed by atoms with Crippen molar-refractivity contribution in [3.63, 3.8) is 0 Å². The summed E-state index contributed by atoms with van der Waals surface area (Å²) in [6, 6.07) is 8.51. The third-order valence-corrected chi connectivity index (χ3v) is 7.69. The molecule has 0 fully saturated rings. The van der Waals surface area contributed by atoms with Crippen molar-refractivity contribution in [1.82, 2.24) is 0 Å². The van der Waals surface area contributed by atoms with Gasteiger partial charge in [0, 0.05) is 35.1 Å². The van der Waals surface area contributed by atoms with Crippen LogP contribution in [0, 0.1) is 0 Å².